The van der Waals surface area contributed by atoms with E-state index in [1.54, 1.807) is 30.6 Å². The van der Waals surface area contributed by atoms with Gasteiger partial charge in [-0.1, -0.05) is 11.6 Å². The predicted molar refractivity (Wildman–Crippen MR) is 107 cm³/mol. The van der Waals surface area contributed by atoms with Gasteiger partial charge in [0.25, 0.3) is 0 Å². The summed E-state index contributed by atoms with van der Waals surface area (Å²) >= 11 is 6.36. The molecule has 9 heteroatoms. The Balaban J connectivity index is 1.81. The number of aromatic nitrogens is 3. The summed E-state index contributed by atoms with van der Waals surface area (Å²) in [5.74, 6) is 0.398. The number of anilines is 1. The quantitative estimate of drug-likeness (QED) is 0.650. The Morgan fingerprint density at radius 1 is 1.00 bits per heavy atom. The molecule has 0 spiro atoms. The van der Waals surface area contributed by atoms with Crippen molar-refractivity contribution in [3.63, 3.8) is 0 Å². The number of rotatable bonds is 3. The summed E-state index contributed by atoms with van der Waals surface area (Å²) in [5.41, 5.74) is 2.69. The molecule has 3 heterocycles. The smallest absolute Gasteiger partial charge is 0.153 e. The second-order valence-electron chi connectivity index (χ2n) is 6.47. The standard InChI is InChI=1S/C19H16ClFN4O2S/c20-17-12-22-6-5-15(17)16-11-18(25-7-9-28(26,27)10-8-25)23-24-19(16)13-1-3-14(21)4-2-13/h1-6,11-12H,7-10H2. The molecule has 4 rings (SSSR count). The summed E-state index contributed by atoms with van der Waals surface area (Å²) < 4.78 is 36.8. The van der Waals surface area contributed by atoms with Gasteiger partial charge in [0, 0.05) is 42.2 Å². The third-order valence-electron chi connectivity index (χ3n) is 4.63. The molecule has 0 saturated carbocycles. The van der Waals surface area contributed by atoms with Crippen LogP contribution in [0.25, 0.3) is 22.4 Å². The number of sulfone groups is 1. The van der Waals surface area contributed by atoms with E-state index in [9.17, 15) is 12.8 Å². The van der Waals surface area contributed by atoms with Gasteiger partial charge in [0.1, 0.15) is 11.5 Å². The summed E-state index contributed by atoms with van der Waals surface area (Å²) in [6, 6.07) is 9.59. The fourth-order valence-corrected chi connectivity index (χ4v) is 4.52. The number of pyridine rings is 1. The zero-order valence-electron chi connectivity index (χ0n) is 14.7. The van der Waals surface area contributed by atoms with E-state index in [1.165, 1.54) is 12.1 Å². The van der Waals surface area contributed by atoms with Crippen LogP contribution >= 0.6 is 11.6 Å². The first-order valence-corrected chi connectivity index (χ1v) is 10.8. The van der Waals surface area contributed by atoms with Crippen molar-refractivity contribution in [2.45, 2.75) is 0 Å². The van der Waals surface area contributed by atoms with Gasteiger partial charge in [0.05, 0.1) is 16.5 Å². The molecule has 2 aromatic heterocycles. The van der Waals surface area contributed by atoms with Crippen molar-refractivity contribution in [2.24, 2.45) is 0 Å². The Hall–Kier alpha value is -2.58. The van der Waals surface area contributed by atoms with Crippen LogP contribution in [0.5, 0.6) is 0 Å². The van der Waals surface area contributed by atoms with E-state index >= 15 is 0 Å². The Kier molecular flexibility index (Phi) is 4.99. The zero-order chi connectivity index (χ0) is 19.7. The van der Waals surface area contributed by atoms with E-state index in [1.807, 2.05) is 11.0 Å². The number of nitrogens with zero attached hydrogens (tertiary/aromatic N) is 4. The van der Waals surface area contributed by atoms with Crippen molar-refractivity contribution in [1.82, 2.24) is 15.2 Å². The molecule has 0 radical (unpaired) electrons. The summed E-state index contributed by atoms with van der Waals surface area (Å²) in [6.07, 6.45) is 3.17. The third kappa shape index (κ3) is 3.83. The first kappa shape index (κ1) is 18.8. The van der Waals surface area contributed by atoms with Crippen molar-refractivity contribution < 1.29 is 12.8 Å². The van der Waals surface area contributed by atoms with Crippen LogP contribution in [0.3, 0.4) is 0 Å². The van der Waals surface area contributed by atoms with E-state index in [0.29, 0.717) is 35.2 Å². The maximum absolute atomic E-state index is 13.3. The molecule has 1 fully saturated rings. The maximum atomic E-state index is 13.3. The third-order valence-corrected chi connectivity index (χ3v) is 6.54. The lowest BCUT2D eigenvalue weighted by atomic mass is 10.0. The number of hydrogen-bond acceptors (Lipinski definition) is 6. The van der Waals surface area contributed by atoms with Crippen LogP contribution in [0.1, 0.15) is 0 Å². The van der Waals surface area contributed by atoms with Crippen LogP contribution < -0.4 is 4.90 Å². The van der Waals surface area contributed by atoms with Gasteiger partial charge in [-0.25, -0.2) is 12.8 Å². The fraction of sp³-hybridized carbons (Fsp3) is 0.211. The van der Waals surface area contributed by atoms with E-state index in [0.717, 1.165) is 11.1 Å². The van der Waals surface area contributed by atoms with Gasteiger partial charge in [-0.2, -0.15) is 0 Å². The van der Waals surface area contributed by atoms with Gasteiger partial charge >= 0.3 is 0 Å². The van der Waals surface area contributed by atoms with E-state index in [-0.39, 0.29) is 17.3 Å². The van der Waals surface area contributed by atoms with Gasteiger partial charge in [-0.15, -0.1) is 10.2 Å². The van der Waals surface area contributed by atoms with Crippen LogP contribution in [0.15, 0.2) is 48.8 Å². The van der Waals surface area contributed by atoms with E-state index < -0.39 is 9.84 Å². The number of halogens is 2. The van der Waals surface area contributed by atoms with Crippen LogP contribution in [0.4, 0.5) is 10.2 Å². The summed E-state index contributed by atoms with van der Waals surface area (Å²) in [4.78, 5) is 5.91. The zero-order valence-corrected chi connectivity index (χ0v) is 16.3. The van der Waals surface area contributed by atoms with Crippen molar-refractivity contribution in [3.8, 4) is 22.4 Å². The summed E-state index contributed by atoms with van der Waals surface area (Å²) in [5, 5.41) is 9.11. The number of benzene rings is 1. The summed E-state index contributed by atoms with van der Waals surface area (Å²) in [6.45, 7) is 0.715. The second-order valence-corrected chi connectivity index (χ2v) is 9.18. The molecule has 0 bridgehead atoms. The normalized spacial score (nSPS) is 16.1. The molecule has 0 aliphatic carbocycles. The molecule has 1 aliphatic rings. The lowest BCUT2D eigenvalue weighted by Crippen LogP contribution is -2.40. The van der Waals surface area contributed by atoms with Crippen LogP contribution in [0.2, 0.25) is 5.02 Å². The minimum absolute atomic E-state index is 0.0831. The first-order chi connectivity index (χ1) is 13.4. The largest absolute Gasteiger partial charge is 0.353 e. The van der Waals surface area contributed by atoms with Gasteiger partial charge in [-0.05, 0) is 36.4 Å². The molecule has 1 aromatic carbocycles. The van der Waals surface area contributed by atoms with Crippen molar-refractivity contribution in [2.75, 3.05) is 29.5 Å². The molecule has 28 heavy (non-hydrogen) atoms. The Morgan fingerprint density at radius 3 is 2.39 bits per heavy atom. The minimum atomic E-state index is -3.00. The van der Waals surface area contributed by atoms with Crippen molar-refractivity contribution in [3.05, 3.63) is 59.6 Å². The molecule has 0 atom stereocenters. The fourth-order valence-electron chi connectivity index (χ4n) is 3.10. The molecule has 1 aliphatic heterocycles. The average molecular weight is 419 g/mol. The molecule has 6 nitrogen and oxygen atoms in total. The molecule has 144 valence electrons. The molecule has 0 N–H and O–H groups in total. The van der Waals surface area contributed by atoms with E-state index in [2.05, 4.69) is 15.2 Å². The molecular weight excluding hydrogens is 403 g/mol. The minimum Gasteiger partial charge on any atom is -0.353 e. The van der Waals surface area contributed by atoms with Crippen LogP contribution in [0, 0.1) is 5.82 Å². The first-order valence-electron chi connectivity index (χ1n) is 8.62. The Labute approximate surface area is 166 Å². The maximum Gasteiger partial charge on any atom is 0.153 e. The molecule has 0 amide bonds. The van der Waals surface area contributed by atoms with Crippen LogP contribution in [-0.2, 0) is 9.84 Å². The highest BCUT2D eigenvalue weighted by atomic mass is 35.5. The topological polar surface area (TPSA) is 76.1 Å². The Morgan fingerprint density at radius 2 is 1.71 bits per heavy atom. The highest BCUT2D eigenvalue weighted by Crippen LogP contribution is 2.36. The SMILES string of the molecule is O=S1(=O)CCN(c2cc(-c3ccncc3Cl)c(-c3ccc(F)cc3)nn2)CC1. The average Bonchev–Trinajstić information content (AvgIpc) is 2.69. The summed E-state index contributed by atoms with van der Waals surface area (Å²) in [7, 11) is -3.00. The second kappa shape index (κ2) is 7.44. The van der Waals surface area contributed by atoms with Crippen LogP contribution in [-0.4, -0.2) is 48.2 Å². The molecule has 1 saturated heterocycles. The van der Waals surface area contributed by atoms with Gasteiger partial charge in [0.15, 0.2) is 15.7 Å². The van der Waals surface area contributed by atoms with Crippen molar-refractivity contribution >= 4 is 27.3 Å². The highest BCUT2D eigenvalue weighted by molar-refractivity contribution is 7.91. The lowest BCUT2D eigenvalue weighted by molar-refractivity contribution is 0.586. The van der Waals surface area contributed by atoms with Crippen molar-refractivity contribution in [1.29, 1.82) is 0 Å². The highest BCUT2D eigenvalue weighted by Gasteiger charge is 2.24. The molecule has 0 unspecified atom stereocenters. The van der Waals surface area contributed by atoms with E-state index in [4.69, 9.17) is 11.6 Å². The molecular formula is C19H16ClFN4O2S. The monoisotopic (exact) mass is 418 g/mol. The Bertz CT molecular complexity index is 1110. The predicted octanol–water partition coefficient (Wildman–Crippen LogP) is 3.23. The number of hydrogen-bond donors (Lipinski definition) is 0. The lowest BCUT2D eigenvalue weighted by Gasteiger charge is -2.27. The van der Waals surface area contributed by atoms with Gasteiger partial charge in [0.2, 0.25) is 0 Å². The van der Waals surface area contributed by atoms with Gasteiger partial charge in [-0.3, -0.25) is 4.98 Å². The van der Waals surface area contributed by atoms with Gasteiger partial charge < -0.3 is 4.90 Å². The molecule has 3 aromatic rings.